The van der Waals surface area contributed by atoms with E-state index < -0.39 is 0 Å². The van der Waals surface area contributed by atoms with Crippen LogP contribution in [0.15, 0.2) is 12.7 Å². The highest BCUT2D eigenvalue weighted by atomic mass is 32.2. The van der Waals surface area contributed by atoms with Gasteiger partial charge in [-0.25, -0.2) is 0 Å². The zero-order valence-electron chi connectivity index (χ0n) is 11.1. The van der Waals surface area contributed by atoms with Crippen LogP contribution in [0.5, 0.6) is 0 Å². The molecule has 0 aromatic rings. The minimum atomic E-state index is 0.727. The number of rotatable bonds is 12. The summed E-state index contributed by atoms with van der Waals surface area (Å²) in [5.41, 5.74) is 0. The van der Waals surface area contributed by atoms with Crippen molar-refractivity contribution in [2.45, 2.75) is 58.4 Å². The van der Waals surface area contributed by atoms with Gasteiger partial charge in [-0.1, -0.05) is 32.8 Å². The van der Waals surface area contributed by atoms with Gasteiger partial charge in [0.15, 0.2) is 0 Å². The Morgan fingerprint density at radius 2 is 2.06 bits per heavy atom. The van der Waals surface area contributed by atoms with Gasteiger partial charge in [0, 0.05) is 11.8 Å². The maximum absolute atomic E-state index is 3.76. The summed E-state index contributed by atoms with van der Waals surface area (Å²) in [5, 5.41) is 3.59. The first-order valence-corrected chi connectivity index (χ1v) is 7.92. The summed E-state index contributed by atoms with van der Waals surface area (Å²) >= 11 is 2.09. The van der Waals surface area contributed by atoms with E-state index in [-0.39, 0.29) is 0 Å². The second-order valence-corrected chi connectivity index (χ2v) is 5.41. The standard InChI is InChI=1S/C14H29NS/c1-4-7-8-9-10-11-14(15-6-3)13-16-12-5-2/h4,14-15H,1,5-13H2,2-3H3. The molecule has 0 bridgehead atoms. The molecule has 0 aromatic carbocycles. The molecule has 16 heavy (non-hydrogen) atoms. The van der Waals surface area contributed by atoms with E-state index in [2.05, 4.69) is 37.5 Å². The quantitative estimate of drug-likeness (QED) is 0.406. The molecular weight excluding hydrogens is 214 g/mol. The Labute approximate surface area is 106 Å². The molecule has 1 N–H and O–H groups in total. The van der Waals surface area contributed by atoms with E-state index in [4.69, 9.17) is 0 Å². The molecule has 0 aliphatic carbocycles. The van der Waals surface area contributed by atoms with Crippen LogP contribution in [-0.4, -0.2) is 24.1 Å². The Morgan fingerprint density at radius 3 is 2.69 bits per heavy atom. The molecule has 1 nitrogen and oxygen atoms in total. The van der Waals surface area contributed by atoms with Crippen LogP contribution in [0.4, 0.5) is 0 Å². The molecule has 0 saturated heterocycles. The van der Waals surface area contributed by atoms with Crippen molar-refractivity contribution in [2.24, 2.45) is 0 Å². The second kappa shape index (κ2) is 13.1. The number of nitrogens with one attached hydrogen (secondary N) is 1. The molecule has 1 atom stereocenters. The van der Waals surface area contributed by atoms with Crippen molar-refractivity contribution in [3.63, 3.8) is 0 Å². The van der Waals surface area contributed by atoms with Crippen LogP contribution in [0.3, 0.4) is 0 Å². The molecule has 0 fully saturated rings. The Morgan fingerprint density at radius 1 is 1.25 bits per heavy atom. The van der Waals surface area contributed by atoms with Gasteiger partial charge in [0.1, 0.15) is 0 Å². The number of hydrogen-bond acceptors (Lipinski definition) is 2. The Kier molecular flexibility index (Phi) is 13.2. The van der Waals surface area contributed by atoms with Crippen molar-refractivity contribution < 1.29 is 0 Å². The Balaban J connectivity index is 3.46. The van der Waals surface area contributed by atoms with E-state index in [1.165, 1.54) is 50.0 Å². The van der Waals surface area contributed by atoms with Crippen LogP contribution >= 0.6 is 11.8 Å². The molecule has 0 heterocycles. The van der Waals surface area contributed by atoms with Gasteiger partial charge in [0.05, 0.1) is 0 Å². The first kappa shape index (κ1) is 16.1. The highest BCUT2D eigenvalue weighted by molar-refractivity contribution is 7.99. The third kappa shape index (κ3) is 10.6. The lowest BCUT2D eigenvalue weighted by Gasteiger charge is -2.17. The Hall–Kier alpha value is 0.0500. The predicted molar refractivity (Wildman–Crippen MR) is 78.4 cm³/mol. The fraction of sp³-hybridized carbons (Fsp3) is 0.857. The molecule has 0 aliphatic rings. The first-order valence-electron chi connectivity index (χ1n) is 6.77. The summed E-state index contributed by atoms with van der Waals surface area (Å²) in [7, 11) is 0. The molecule has 0 rings (SSSR count). The molecule has 0 aliphatic heterocycles. The van der Waals surface area contributed by atoms with Crippen LogP contribution in [0.2, 0.25) is 0 Å². The lowest BCUT2D eigenvalue weighted by molar-refractivity contribution is 0.502. The number of unbranched alkanes of at least 4 members (excludes halogenated alkanes) is 3. The minimum Gasteiger partial charge on any atom is -0.313 e. The van der Waals surface area contributed by atoms with Crippen LogP contribution < -0.4 is 5.32 Å². The molecule has 1 unspecified atom stereocenters. The number of thioether (sulfide) groups is 1. The lowest BCUT2D eigenvalue weighted by atomic mass is 10.1. The topological polar surface area (TPSA) is 12.0 Å². The third-order valence-electron chi connectivity index (χ3n) is 2.62. The van der Waals surface area contributed by atoms with Crippen molar-refractivity contribution in [1.82, 2.24) is 5.32 Å². The van der Waals surface area contributed by atoms with E-state index >= 15 is 0 Å². The summed E-state index contributed by atoms with van der Waals surface area (Å²) in [5.74, 6) is 2.58. The van der Waals surface area contributed by atoms with Gasteiger partial charge >= 0.3 is 0 Å². The van der Waals surface area contributed by atoms with Gasteiger partial charge in [-0.3, -0.25) is 0 Å². The summed E-state index contributed by atoms with van der Waals surface area (Å²) < 4.78 is 0. The van der Waals surface area contributed by atoms with Crippen molar-refractivity contribution in [3.8, 4) is 0 Å². The first-order chi connectivity index (χ1) is 7.85. The summed E-state index contributed by atoms with van der Waals surface area (Å²) in [6, 6.07) is 0.727. The van der Waals surface area contributed by atoms with Crippen LogP contribution in [-0.2, 0) is 0 Å². The molecule has 0 saturated carbocycles. The second-order valence-electron chi connectivity index (χ2n) is 4.26. The highest BCUT2D eigenvalue weighted by Crippen LogP contribution is 2.11. The Bertz CT molecular complexity index is 148. The largest absolute Gasteiger partial charge is 0.313 e. The minimum absolute atomic E-state index is 0.727. The molecule has 0 radical (unpaired) electrons. The molecule has 0 aromatic heterocycles. The fourth-order valence-corrected chi connectivity index (χ4v) is 2.78. The summed E-state index contributed by atoms with van der Waals surface area (Å²) in [6.07, 6.45) is 9.86. The highest BCUT2D eigenvalue weighted by Gasteiger charge is 2.06. The third-order valence-corrected chi connectivity index (χ3v) is 3.96. The molecule has 0 spiro atoms. The zero-order valence-corrected chi connectivity index (χ0v) is 12.0. The van der Waals surface area contributed by atoms with Crippen molar-refractivity contribution in [3.05, 3.63) is 12.7 Å². The molecule has 2 heteroatoms. The van der Waals surface area contributed by atoms with E-state index in [0.717, 1.165) is 12.6 Å². The van der Waals surface area contributed by atoms with Crippen molar-refractivity contribution in [1.29, 1.82) is 0 Å². The smallest absolute Gasteiger partial charge is 0.0158 e. The molecule has 96 valence electrons. The van der Waals surface area contributed by atoms with Gasteiger partial charge in [-0.2, -0.15) is 11.8 Å². The van der Waals surface area contributed by atoms with Crippen molar-refractivity contribution in [2.75, 3.05) is 18.1 Å². The summed E-state index contributed by atoms with van der Waals surface area (Å²) in [6.45, 7) is 9.32. The predicted octanol–water partition coefficient (Wildman–Crippen LogP) is 4.24. The van der Waals surface area contributed by atoms with E-state index in [1.54, 1.807) is 0 Å². The zero-order chi connectivity index (χ0) is 12.1. The monoisotopic (exact) mass is 243 g/mol. The van der Waals surface area contributed by atoms with E-state index in [0.29, 0.717) is 0 Å². The fourth-order valence-electron chi connectivity index (χ4n) is 1.76. The average Bonchev–Trinajstić information content (AvgIpc) is 2.29. The van der Waals surface area contributed by atoms with E-state index in [9.17, 15) is 0 Å². The van der Waals surface area contributed by atoms with E-state index in [1.807, 2.05) is 6.08 Å². The number of hydrogen-bond donors (Lipinski definition) is 1. The van der Waals surface area contributed by atoms with Gasteiger partial charge in [0.2, 0.25) is 0 Å². The van der Waals surface area contributed by atoms with Crippen molar-refractivity contribution >= 4 is 11.8 Å². The van der Waals surface area contributed by atoms with Crippen LogP contribution in [0.1, 0.15) is 52.4 Å². The molecule has 0 amide bonds. The lowest BCUT2D eigenvalue weighted by Crippen LogP contribution is -2.31. The van der Waals surface area contributed by atoms with Gasteiger partial charge in [-0.05, 0) is 38.0 Å². The maximum Gasteiger partial charge on any atom is 0.0158 e. The summed E-state index contributed by atoms with van der Waals surface area (Å²) in [4.78, 5) is 0. The van der Waals surface area contributed by atoms with Crippen LogP contribution in [0, 0.1) is 0 Å². The van der Waals surface area contributed by atoms with Gasteiger partial charge in [-0.15, -0.1) is 6.58 Å². The normalized spacial score (nSPS) is 12.6. The van der Waals surface area contributed by atoms with Gasteiger partial charge < -0.3 is 5.32 Å². The average molecular weight is 243 g/mol. The maximum atomic E-state index is 3.76. The SMILES string of the molecule is C=CCCCCCC(CSCCC)NCC. The van der Waals surface area contributed by atoms with Gasteiger partial charge in [0.25, 0.3) is 0 Å². The molecular formula is C14H29NS. The van der Waals surface area contributed by atoms with Crippen LogP contribution in [0.25, 0.3) is 0 Å². The number of allylic oxidation sites excluding steroid dienone is 1.